The van der Waals surface area contributed by atoms with Crippen molar-refractivity contribution in [3.63, 3.8) is 0 Å². The number of pyridine rings is 1. The molecule has 0 aliphatic carbocycles. The van der Waals surface area contributed by atoms with Crippen LogP contribution in [0.5, 0.6) is 23.0 Å². The third kappa shape index (κ3) is 10.7. The monoisotopic (exact) mass is 825 g/mol. The highest BCUT2D eigenvalue weighted by molar-refractivity contribution is 7.99. The number of benzene rings is 4. The second-order valence-corrected chi connectivity index (χ2v) is 17.0. The van der Waals surface area contributed by atoms with Gasteiger partial charge in [-0.15, -0.1) is 0 Å². The first-order valence-electron chi connectivity index (χ1n) is 19.0. The molecular weight excluding hydrogens is 775 g/mol. The number of hydrogen-bond acceptors (Lipinski definition) is 11. The van der Waals surface area contributed by atoms with Crippen molar-refractivity contribution in [1.29, 1.82) is 0 Å². The molecule has 306 valence electrons. The summed E-state index contributed by atoms with van der Waals surface area (Å²) in [6, 6.07) is 23.7. The van der Waals surface area contributed by atoms with Crippen LogP contribution in [0.1, 0.15) is 43.1 Å². The van der Waals surface area contributed by atoms with Crippen LogP contribution in [0.2, 0.25) is 0 Å². The summed E-state index contributed by atoms with van der Waals surface area (Å²) in [5, 5.41) is 13.9. The Morgan fingerprint density at radius 2 is 1.60 bits per heavy atom. The van der Waals surface area contributed by atoms with E-state index in [1.165, 1.54) is 19.1 Å². The van der Waals surface area contributed by atoms with Crippen LogP contribution in [-0.4, -0.2) is 84.2 Å². The van der Waals surface area contributed by atoms with Crippen molar-refractivity contribution < 1.29 is 28.0 Å². The number of carbonyl (C=O) groups is 2. The highest BCUT2D eigenvalue weighted by Crippen LogP contribution is 2.40. The van der Waals surface area contributed by atoms with Gasteiger partial charge in [0, 0.05) is 83.0 Å². The summed E-state index contributed by atoms with van der Waals surface area (Å²) in [6.45, 7) is 9.40. The van der Waals surface area contributed by atoms with Crippen molar-refractivity contribution in [2.75, 3.05) is 78.8 Å². The number of methoxy groups -OCH3 is 2. The summed E-state index contributed by atoms with van der Waals surface area (Å²) in [4.78, 5) is 33.3. The number of anilines is 5. The minimum Gasteiger partial charge on any atom is -0.496 e. The zero-order valence-corrected chi connectivity index (χ0v) is 35.3. The summed E-state index contributed by atoms with van der Waals surface area (Å²) in [7, 11) is 2.41. The number of fused-ring (bicyclic) bond motifs is 1. The van der Waals surface area contributed by atoms with Gasteiger partial charge in [-0.25, -0.2) is 9.78 Å². The molecule has 58 heavy (non-hydrogen) atoms. The second-order valence-electron chi connectivity index (χ2n) is 14.7. The van der Waals surface area contributed by atoms with Crippen LogP contribution in [0.25, 0.3) is 10.8 Å². The number of rotatable bonds is 15. The third-order valence-corrected chi connectivity index (χ3v) is 11.3. The molecule has 1 aliphatic heterocycles. The van der Waals surface area contributed by atoms with E-state index in [1.54, 1.807) is 43.6 Å². The highest BCUT2D eigenvalue weighted by Gasteiger charge is 2.22. The molecule has 0 spiro atoms. The first-order chi connectivity index (χ1) is 27.9. The maximum absolute atomic E-state index is 13.5. The molecule has 4 aromatic carbocycles. The molecule has 0 saturated carbocycles. The van der Waals surface area contributed by atoms with Gasteiger partial charge in [0.25, 0.3) is 5.91 Å². The van der Waals surface area contributed by atoms with Gasteiger partial charge in [0.15, 0.2) is 5.75 Å². The molecule has 13 nitrogen and oxygen atoms in total. The van der Waals surface area contributed by atoms with E-state index in [0.29, 0.717) is 69.5 Å². The molecule has 5 N–H and O–H groups in total. The van der Waals surface area contributed by atoms with Gasteiger partial charge in [0.1, 0.15) is 23.1 Å². The second kappa shape index (κ2) is 19.3. The molecule has 0 bridgehead atoms. The van der Waals surface area contributed by atoms with Crippen LogP contribution in [-0.2, 0) is 16.2 Å². The lowest BCUT2D eigenvalue weighted by Crippen LogP contribution is -2.39. The minimum absolute atomic E-state index is 0.163. The number of hydrogen-bond donors (Lipinski definition) is 5. The summed E-state index contributed by atoms with van der Waals surface area (Å²) in [5.74, 6) is 3.84. The molecule has 15 heteroatoms. The average Bonchev–Trinajstić information content (AvgIpc) is 3.21. The smallest absolute Gasteiger partial charge is 0.323 e. The van der Waals surface area contributed by atoms with Crippen molar-refractivity contribution in [1.82, 2.24) is 15.2 Å². The molecule has 1 aromatic heterocycles. The van der Waals surface area contributed by atoms with Crippen molar-refractivity contribution in [2.24, 2.45) is 0 Å². The fourth-order valence-electron chi connectivity index (χ4n) is 6.58. The van der Waals surface area contributed by atoms with E-state index in [1.807, 2.05) is 54.8 Å². The molecular formula is C43H51N7O6S2. The van der Waals surface area contributed by atoms with Crippen LogP contribution >= 0.6 is 11.9 Å². The standard InChI is InChI=1S/C43H51N7O6S2/c1-43(2,3)28-24-35(40(55-5)36(25-28)49-57-6)48-42(52)47-34-14-15-37(32-11-8-7-10-31(32)34)56-30-16-18-44-39(27-30)46-29-12-13-33(38(26-29)54-4)41(51)45-17-9-19-50-20-22-58(53)23-21-50/h7-8,10-16,18,24-27,49H,9,17,19-23H2,1-6H3,(H,44,46)(H,45,51)(H2,47,48,52). The first kappa shape index (κ1) is 42.1. The number of ether oxygens (including phenoxy) is 3. The zero-order valence-electron chi connectivity index (χ0n) is 33.7. The topological polar surface area (TPSA) is 155 Å². The van der Waals surface area contributed by atoms with Crippen molar-refractivity contribution >= 4 is 74.0 Å². The van der Waals surface area contributed by atoms with Gasteiger partial charge in [-0.1, -0.05) is 57.0 Å². The fraction of sp³-hybridized carbons (Fsp3) is 0.326. The maximum atomic E-state index is 13.5. The maximum Gasteiger partial charge on any atom is 0.323 e. The number of carbonyl (C=O) groups excluding carboxylic acids is 2. The Morgan fingerprint density at radius 3 is 2.33 bits per heavy atom. The molecule has 1 saturated heterocycles. The predicted molar refractivity (Wildman–Crippen MR) is 237 cm³/mol. The lowest BCUT2D eigenvalue weighted by atomic mass is 9.86. The Morgan fingerprint density at radius 1 is 0.862 bits per heavy atom. The molecule has 5 aromatic rings. The van der Waals surface area contributed by atoms with E-state index in [9.17, 15) is 13.8 Å². The first-order valence-corrected chi connectivity index (χ1v) is 21.7. The Labute approximate surface area is 346 Å². The van der Waals surface area contributed by atoms with Gasteiger partial charge in [0.2, 0.25) is 0 Å². The third-order valence-electron chi connectivity index (χ3n) is 9.64. The largest absolute Gasteiger partial charge is 0.496 e. The van der Waals surface area contributed by atoms with Crippen LogP contribution in [0.3, 0.4) is 0 Å². The molecule has 1 fully saturated rings. The van der Waals surface area contributed by atoms with Crippen LogP contribution in [0, 0.1) is 0 Å². The molecule has 0 radical (unpaired) electrons. The number of amides is 3. The number of urea groups is 1. The van der Waals surface area contributed by atoms with Crippen molar-refractivity contribution in [3.8, 4) is 23.0 Å². The summed E-state index contributed by atoms with van der Waals surface area (Å²) >= 11 is 1.45. The Kier molecular flexibility index (Phi) is 14.0. The molecule has 0 atom stereocenters. The van der Waals surface area contributed by atoms with E-state index < -0.39 is 16.8 Å². The molecule has 3 amide bonds. The summed E-state index contributed by atoms with van der Waals surface area (Å²) in [6.07, 6.45) is 4.38. The molecule has 6 rings (SSSR count). The number of nitrogens with zero attached hydrogens (tertiary/aromatic N) is 2. The SMILES string of the molecule is COc1cc(Nc2cc(Oc3ccc(NC(=O)Nc4cc(C(C)(C)C)cc(NSC)c4OC)c4ccccc34)ccn2)ccc1C(=O)NCCCN1CCS(=O)CC1. The van der Waals surface area contributed by atoms with Gasteiger partial charge in [-0.05, 0) is 66.4 Å². The van der Waals surface area contributed by atoms with E-state index in [2.05, 4.69) is 56.6 Å². The molecule has 2 heterocycles. The van der Waals surface area contributed by atoms with Gasteiger partial charge in [-0.3, -0.25) is 9.00 Å². The zero-order chi connectivity index (χ0) is 41.2. The quantitative estimate of drug-likeness (QED) is 0.0509. The van der Waals surface area contributed by atoms with Crippen molar-refractivity contribution in [3.05, 3.63) is 96.2 Å². The molecule has 0 unspecified atom stereocenters. The lowest BCUT2D eigenvalue weighted by Gasteiger charge is -2.25. The lowest BCUT2D eigenvalue weighted by molar-refractivity contribution is 0.0948. The van der Waals surface area contributed by atoms with E-state index in [-0.39, 0.29) is 11.3 Å². The predicted octanol–water partition coefficient (Wildman–Crippen LogP) is 8.60. The fourth-order valence-corrected chi connectivity index (χ4v) is 8.08. The highest BCUT2D eigenvalue weighted by atomic mass is 32.2. The van der Waals surface area contributed by atoms with E-state index in [4.69, 9.17) is 14.2 Å². The average molecular weight is 826 g/mol. The van der Waals surface area contributed by atoms with Gasteiger partial charge >= 0.3 is 6.03 Å². The number of nitrogens with one attached hydrogen (secondary N) is 5. The Balaban J connectivity index is 1.11. The normalized spacial score (nSPS) is 13.4. The van der Waals surface area contributed by atoms with Crippen molar-refractivity contribution in [2.45, 2.75) is 32.6 Å². The Bertz CT molecular complexity index is 2270. The minimum atomic E-state index is -0.702. The van der Waals surface area contributed by atoms with Gasteiger partial charge in [0.05, 0.1) is 36.8 Å². The summed E-state index contributed by atoms with van der Waals surface area (Å²) < 4.78 is 32.6. The molecule has 1 aliphatic rings. The summed E-state index contributed by atoms with van der Waals surface area (Å²) in [5.41, 5.74) is 3.91. The van der Waals surface area contributed by atoms with Gasteiger partial charge < -0.3 is 45.1 Å². The van der Waals surface area contributed by atoms with E-state index >= 15 is 0 Å². The van der Waals surface area contributed by atoms with Crippen LogP contribution in [0.4, 0.5) is 33.4 Å². The van der Waals surface area contributed by atoms with Crippen LogP contribution in [0.15, 0.2) is 85.1 Å². The van der Waals surface area contributed by atoms with E-state index in [0.717, 1.165) is 48.1 Å². The van der Waals surface area contributed by atoms with Gasteiger partial charge in [-0.2, -0.15) is 0 Å². The Hall–Kier alpha value is -5.51. The van der Waals surface area contributed by atoms with Crippen LogP contribution < -0.4 is 40.2 Å². The number of aromatic nitrogens is 1.